The summed E-state index contributed by atoms with van der Waals surface area (Å²) >= 11 is 0. The third-order valence-electron chi connectivity index (χ3n) is 5.95. The molecular formula is C24H30N2O6S. The van der Waals surface area contributed by atoms with Gasteiger partial charge in [0.15, 0.2) is 11.5 Å². The van der Waals surface area contributed by atoms with Crippen LogP contribution in [0.25, 0.3) is 0 Å². The molecule has 1 saturated carbocycles. The average Bonchev–Trinajstić information content (AvgIpc) is 3.30. The number of benzene rings is 2. The van der Waals surface area contributed by atoms with E-state index in [1.165, 1.54) is 4.31 Å². The molecule has 4 rings (SSSR count). The minimum Gasteiger partial charge on any atom is -0.494 e. The smallest absolute Gasteiger partial charge is 0.243 e. The average molecular weight is 475 g/mol. The van der Waals surface area contributed by atoms with Crippen LogP contribution in [0.2, 0.25) is 0 Å². The summed E-state index contributed by atoms with van der Waals surface area (Å²) in [5.74, 6) is 1.59. The fourth-order valence-electron chi connectivity index (χ4n) is 4.24. The summed E-state index contributed by atoms with van der Waals surface area (Å²) in [5.41, 5.74) is 0.853. The van der Waals surface area contributed by atoms with Crippen LogP contribution in [0, 0.1) is 0 Å². The minimum atomic E-state index is -3.84. The molecule has 178 valence electrons. The Balaban J connectivity index is 1.47. The van der Waals surface area contributed by atoms with Crippen LogP contribution in [-0.2, 0) is 21.4 Å². The van der Waals surface area contributed by atoms with E-state index in [1.807, 2.05) is 19.1 Å². The van der Waals surface area contributed by atoms with Gasteiger partial charge in [0.2, 0.25) is 22.7 Å². The van der Waals surface area contributed by atoms with Crippen LogP contribution >= 0.6 is 0 Å². The molecule has 1 aliphatic carbocycles. The van der Waals surface area contributed by atoms with E-state index in [0.717, 1.165) is 37.7 Å². The normalized spacial score (nSPS) is 16.1. The van der Waals surface area contributed by atoms with Crippen LogP contribution < -0.4 is 19.5 Å². The Morgan fingerprint density at radius 3 is 2.52 bits per heavy atom. The van der Waals surface area contributed by atoms with Gasteiger partial charge in [0.25, 0.3) is 0 Å². The van der Waals surface area contributed by atoms with Gasteiger partial charge in [-0.05, 0) is 61.7 Å². The summed E-state index contributed by atoms with van der Waals surface area (Å²) in [6, 6.07) is 11.7. The number of fused-ring (bicyclic) bond motifs is 1. The first-order valence-electron chi connectivity index (χ1n) is 11.4. The van der Waals surface area contributed by atoms with Crippen LogP contribution in [0.3, 0.4) is 0 Å². The predicted molar refractivity (Wildman–Crippen MR) is 123 cm³/mol. The molecule has 33 heavy (non-hydrogen) atoms. The van der Waals surface area contributed by atoms with Gasteiger partial charge in [-0.25, -0.2) is 8.42 Å². The van der Waals surface area contributed by atoms with Crippen molar-refractivity contribution in [3.05, 3.63) is 48.0 Å². The summed E-state index contributed by atoms with van der Waals surface area (Å²) < 4.78 is 44.5. The molecule has 1 N–H and O–H groups in total. The molecule has 2 aliphatic rings. The number of hydrogen-bond donors (Lipinski definition) is 1. The van der Waals surface area contributed by atoms with Crippen molar-refractivity contribution < 1.29 is 27.4 Å². The Bertz CT molecular complexity index is 1060. The van der Waals surface area contributed by atoms with Gasteiger partial charge in [0.1, 0.15) is 5.75 Å². The summed E-state index contributed by atoms with van der Waals surface area (Å²) in [7, 11) is -3.84. The van der Waals surface area contributed by atoms with Crippen LogP contribution in [0.5, 0.6) is 17.2 Å². The van der Waals surface area contributed by atoms with Crippen LogP contribution in [0.1, 0.15) is 44.6 Å². The number of ether oxygens (including phenoxy) is 3. The molecule has 0 unspecified atom stereocenters. The van der Waals surface area contributed by atoms with Crippen molar-refractivity contribution in [3.63, 3.8) is 0 Å². The fourth-order valence-corrected chi connectivity index (χ4v) is 5.88. The lowest BCUT2D eigenvalue weighted by Gasteiger charge is -2.33. The second-order valence-electron chi connectivity index (χ2n) is 8.21. The van der Waals surface area contributed by atoms with Gasteiger partial charge in [-0.2, -0.15) is 4.31 Å². The topological polar surface area (TPSA) is 94.2 Å². The molecule has 9 heteroatoms. The van der Waals surface area contributed by atoms with Gasteiger partial charge in [-0.3, -0.25) is 4.79 Å². The molecular weight excluding hydrogens is 444 g/mol. The summed E-state index contributed by atoms with van der Waals surface area (Å²) in [6.07, 6.45) is 4.51. The maximum absolute atomic E-state index is 13.5. The molecule has 0 aromatic heterocycles. The number of rotatable bonds is 9. The zero-order valence-electron chi connectivity index (χ0n) is 18.8. The van der Waals surface area contributed by atoms with Gasteiger partial charge in [-0.1, -0.05) is 25.3 Å². The number of nitrogens with one attached hydrogen (secondary N) is 1. The molecule has 8 nitrogen and oxygen atoms in total. The monoisotopic (exact) mass is 474 g/mol. The molecule has 0 spiro atoms. The molecule has 0 radical (unpaired) electrons. The van der Waals surface area contributed by atoms with E-state index in [9.17, 15) is 13.2 Å². The second-order valence-corrected chi connectivity index (χ2v) is 10.1. The van der Waals surface area contributed by atoms with Gasteiger partial charge in [0.05, 0.1) is 18.0 Å². The zero-order chi connectivity index (χ0) is 23.3. The Hall–Kier alpha value is -2.78. The third-order valence-corrected chi connectivity index (χ3v) is 7.86. The molecule has 1 aliphatic heterocycles. The predicted octanol–water partition coefficient (Wildman–Crippen LogP) is 3.45. The highest BCUT2D eigenvalue weighted by molar-refractivity contribution is 7.89. The first-order valence-corrected chi connectivity index (χ1v) is 12.8. The number of nitrogens with zero attached hydrogens (tertiary/aromatic N) is 1. The van der Waals surface area contributed by atoms with E-state index < -0.39 is 10.0 Å². The summed E-state index contributed by atoms with van der Waals surface area (Å²) in [5, 5.41) is 2.85. The zero-order valence-corrected chi connectivity index (χ0v) is 19.6. The summed E-state index contributed by atoms with van der Waals surface area (Å²) in [6.45, 7) is 2.62. The molecule has 2 aromatic rings. The molecule has 1 amide bonds. The van der Waals surface area contributed by atoms with Gasteiger partial charge < -0.3 is 19.5 Å². The first kappa shape index (κ1) is 23.4. The summed E-state index contributed by atoms with van der Waals surface area (Å²) in [4.78, 5) is 13.0. The van der Waals surface area contributed by atoms with Crippen molar-refractivity contribution in [3.8, 4) is 17.2 Å². The maximum Gasteiger partial charge on any atom is 0.243 e. The molecule has 2 aromatic carbocycles. The van der Waals surface area contributed by atoms with Gasteiger partial charge in [0, 0.05) is 12.6 Å². The van der Waals surface area contributed by atoms with Crippen molar-refractivity contribution in [1.82, 2.24) is 9.62 Å². The van der Waals surface area contributed by atoms with E-state index in [-0.39, 0.29) is 36.7 Å². The van der Waals surface area contributed by atoms with E-state index >= 15 is 0 Å². The largest absolute Gasteiger partial charge is 0.494 e. The van der Waals surface area contributed by atoms with Gasteiger partial charge >= 0.3 is 0 Å². The molecule has 1 fully saturated rings. The first-order chi connectivity index (χ1) is 16.0. The quantitative estimate of drug-likeness (QED) is 0.598. The standard InChI is InChI=1S/C24H30N2O6S/c1-2-30-20-9-11-21(12-10-20)33(28,29)26(19-6-4-3-5-7-19)16-24(27)25-15-18-8-13-22-23(14-18)32-17-31-22/h8-14,19H,2-7,15-17H2,1H3,(H,25,27). The van der Waals surface area contributed by atoms with E-state index in [4.69, 9.17) is 14.2 Å². The molecule has 0 saturated heterocycles. The number of amides is 1. The third kappa shape index (κ3) is 5.59. The molecule has 0 atom stereocenters. The lowest BCUT2D eigenvalue weighted by molar-refractivity contribution is -0.121. The van der Waals surface area contributed by atoms with Gasteiger partial charge in [-0.15, -0.1) is 0 Å². The van der Waals surface area contributed by atoms with Crippen molar-refractivity contribution in [2.75, 3.05) is 19.9 Å². The van der Waals surface area contributed by atoms with E-state index in [1.54, 1.807) is 30.3 Å². The van der Waals surface area contributed by atoms with Crippen molar-refractivity contribution in [2.24, 2.45) is 0 Å². The Morgan fingerprint density at radius 1 is 1.06 bits per heavy atom. The Labute approximate surface area is 194 Å². The van der Waals surface area contributed by atoms with E-state index in [0.29, 0.717) is 23.9 Å². The lowest BCUT2D eigenvalue weighted by atomic mass is 9.95. The highest BCUT2D eigenvalue weighted by Crippen LogP contribution is 2.32. The Kier molecular flexibility index (Phi) is 7.39. The van der Waals surface area contributed by atoms with Crippen molar-refractivity contribution >= 4 is 15.9 Å². The van der Waals surface area contributed by atoms with Crippen molar-refractivity contribution in [1.29, 1.82) is 0 Å². The SMILES string of the molecule is CCOc1ccc(S(=O)(=O)N(CC(=O)NCc2ccc3c(c2)OCO3)C2CCCCC2)cc1. The van der Waals surface area contributed by atoms with Crippen LogP contribution in [0.4, 0.5) is 0 Å². The number of sulfonamides is 1. The van der Waals surface area contributed by atoms with Crippen LogP contribution in [0.15, 0.2) is 47.4 Å². The molecule has 0 bridgehead atoms. The second kappa shape index (κ2) is 10.4. The van der Waals surface area contributed by atoms with E-state index in [2.05, 4.69) is 5.32 Å². The number of carbonyl (C=O) groups is 1. The van der Waals surface area contributed by atoms with Crippen molar-refractivity contribution in [2.45, 2.75) is 56.5 Å². The molecule has 1 heterocycles. The fraction of sp³-hybridized carbons (Fsp3) is 0.458. The maximum atomic E-state index is 13.5. The number of hydrogen-bond acceptors (Lipinski definition) is 6. The highest BCUT2D eigenvalue weighted by Gasteiger charge is 2.34. The Morgan fingerprint density at radius 2 is 1.79 bits per heavy atom. The minimum absolute atomic E-state index is 0.167. The van der Waals surface area contributed by atoms with Crippen LogP contribution in [-0.4, -0.2) is 44.6 Å². The lowest BCUT2D eigenvalue weighted by Crippen LogP contribution is -2.46. The highest BCUT2D eigenvalue weighted by atomic mass is 32.2. The number of carbonyl (C=O) groups excluding carboxylic acids is 1.